The molecule has 1 saturated heterocycles. The third-order valence-corrected chi connectivity index (χ3v) is 4.35. The lowest BCUT2D eigenvalue weighted by Gasteiger charge is -2.35. The van der Waals surface area contributed by atoms with Gasteiger partial charge >= 0.3 is 0 Å². The van der Waals surface area contributed by atoms with Crippen molar-refractivity contribution in [1.29, 1.82) is 0 Å². The summed E-state index contributed by atoms with van der Waals surface area (Å²) in [6.07, 6.45) is 4.52. The molecule has 1 aliphatic rings. The summed E-state index contributed by atoms with van der Waals surface area (Å²) in [5.41, 5.74) is 0. The van der Waals surface area contributed by atoms with Crippen LogP contribution in [0.1, 0.15) is 18.9 Å². The number of piperazine rings is 1. The van der Waals surface area contributed by atoms with Crippen molar-refractivity contribution in [1.82, 2.24) is 19.4 Å². The zero-order valence-electron chi connectivity index (χ0n) is 14.4. The molecule has 3 heterocycles. The number of ether oxygens (including phenoxy) is 1. The smallest absolute Gasteiger partial charge is 0.248 e. The molecule has 1 amide bonds. The summed E-state index contributed by atoms with van der Waals surface area (Å²) in [5, 5.41) is 0. The minimum absolute atomic E-state index is 0.0306. The highest BCUT2D eigenvalue weighted by Crippen LogP contribution is 2.16. The molecule has 0 radical (unpaired) electrons. The van der Waals surface area contributed by atoms with E-state index in [1.54, 1.807) is 17.2 Å². The Labute approximate surface area is 146 Å². The van der Waals surface area contributed by atoms with Crippen molar-refractivity contribution >= 4 is 11.7 Å². The third-order valence-electron chi connectivity index (χ3n) is 4.35. The molecule has 0 aromatic carbocycles. The number of anilines is 1. The number of nitrogens with zero attached hydrogens (tertiary/aromatic N) is 5. The number of hydrogen-bond donors (Lipinski definition) is 0. The highest BCUT2D eigenvalue weighted by molar-refractivity contribution is 5.77. The summed E-state index contributed by atoms with van der Waals surface area (Å²) in [6, 6.07) is 3.05. The van der Waals surface area contributed by atoms with Crippen LogP contribution in [0.4, 0.5) is 10.2 Å². The van der Waals surface area contributed by atoms with Crippen molar-refractivity contribution in [2.24, 2.45) is 7.05 Å². The maximum absolute atomic E-state index is 12.9. The van der Waals surface area contributed by atoms with Crippen LogP contribution in [0.3, 0.4) is 0 Å². The molecule has 8 heteroatoms. The van der Waals surface area contributed by atoms with Crippen LogP contribution in [0.5, 0.6) is 0 Å². The quantitative estimate of drug-likeness (QED) is 0.818. The van der Waals surface area contributed by atoms with E-state index in [0.29, 0.717) is 26.2 Å². The molecule has 1 atom stereocenters. The standard InChI is InChI=1S/C17H22FN5O2/c1-13(17-19-5-6-21(17)2)25-12-16(24)23-9-7-22(8-10-23)15-4-3-14(18)11-20-15/h3-6,11,13H,7-10,12H2,1-2H3. The Bertz CT molecular complexity index is 710. The van der Waals surface area contributed by atoms with Gasteiger partial charge in [-0.2, -0.15) is 0 Å². The number of halogens is 1. The van der Waals surface area contributed by atoms with Crippen molar-refractivity contribution in [2.75, 3.05) is 37.7 Å². The van der Waals surface area contributed by atoms with Crippen LogP contribution < -0.4 is 4.90 Å². The molecule has 2 aromatic rings. The number of aryl methyl sites for hydroxylation is 1. The van der Waals surface area contributed by atoms with Gasteiger partial charge in [0.1, 0.15) is 30.2 Å². The summed E-state index contributed by atoms with van der Waals surface area (Å²) >= 11 is 0. The monoisotopic (exact) mass is 347 g/mol. The number of amides is 1. The first-order valence-corrected chi connectivity index (χ1v) is 8.27. The number of rotatable bonds is 5. The van der Waals surface area contributed by atoms with E-state index in [4.69, 9.17) is 4.74 Å². The van der Waals surface area contributed by atoms with Crippen LogP contribution >= 0.6 is 0 Å². The van der Waals surface area contributed by atoms with Crippen molar-refractivity contribution in [3.8, 4) is 0 Å². The highest BCUT2D eigenvalue weighted by atomic mass is 19.1. The summed E-state index contributed by atoms with van der Waals surface area (Å²) < 4.78 is 20.5. The van der Waals surface area contributed by atoms with Crippen molar-refractivity contribution in [3.63, 3.8) is 0 Å². The van der Waals surface area contributed by atoms with E-state index in [0.717, 1.165) is 11.6 Å². The second-order valence-electron chi connectivity index (χ2n) is 6.05. The molecule has 0 spiro atoms. The molecular weight excluding hydrogens is 325 g/mol. The Balaban J connectivity index is 1.47. The first-order chi connectivity index (χ1) is 12.0. The van der Waals surface area contributed by atoms with Crippen molar-refractivity contribution < 1.29 is 13.9 Å². The predicted molar refractivity (Wildman–Crippen MR) is 90.6 cm³/mol. The van der Waals surface area contributed by atoms with Crippen LogP contribution in [0, 0.1) is 5.82 Å². The maximum Gasteiger partial charge on any atom is 0.248 e. The average molecular weight is 347 g/mol. The molecule has 1 aliphatic heterocycles. The molecular formula is C17H22FN5O2. The van der Waals surface area contributed by atoms with Gasteiger partial charge in [-0.1, -0.05) is 0 Å². The third kappa shape index (κ3) is 4.14. The molecule has 134 valence electrons. The largest absolute Gasteiger partial charge is 0.361 e. The summed E-state index contributed by atoms with van der Waals surface area (Å²) in [4.78, 5) is 24.5. The van der Waals surface area contributed by atoms with Gasteiger partial charge in [0.05, 0.1) is 6.20 Å². The second-order valence-corrected chi connectivity index (χ2v) is 6.05. The van der Waals surface area contributed by atoms with Crippen LogP contribution in [0.15, 0.2) is 30.7 Å². The van der Waals surface area contributed by atoms with Gasteiger partial charge in [0.25, 0.3) is 0 Å². The van der Waals surface area contributed by atoms with E-state index in [1.807, 2.05) is 29.6 Å². The average Bonchev–Trinajstić information content (AvgIpc) is 3.06. The Morgan fingerprint density at radius 3 is 2.64 bits per heavy atom. The van der Waals surface area contributed by atoms with Crippen LogP contribution in [-0.4, -0.2) is 58.1 Å². The van der Waals surface area contributed by atoms with Crippen LogP contribution in [0.25, 0.3) is 0 Å². The van der Waals surface area contributed by atoms with E-state index < -0.39 is 0 Å². The van der Waals surface area contributed by atoms with Gasteiger partial charge in [-0.25, -0.2) is 14.4 Å². The number of imidazole rings is 1. The van der Waals surface area contributed by atoms with Gasteiger partial charge in [0.15, 0.2) is 0 Å². The highest BCUT2D eigenvalue weighted by Gasteiger charge is 2.23. The second kappa shape index (κ2) is 7.60. The van der Waals surface area contributed by atoms with Gasteiger partial charge in [0, 0.05) is 45.6 Å². The maximum atomic E-state index is 12.9. The minimum atomic E-state index is -0.350. The number of carbonyl (C=O) groups is 1. The van der Waals surface area contributed by atoms with Crippen molar-refractivity contribution in [2.45, 2.75) is 13.0 Å². The zero-order valence-corrected chi connectivity index (χ0v) is 14.4. The van der Waals surface area contributed by atoms with Gasteiger partial charge < -0.3 is 19.1 Å². The Hall–Kier alpha value is -2.48. The summed E-state index contributed by atoms with van der Waals surface area (Å²) in [6.45, 7) is 4.44. The molecule has 0 N–H and O–H groups in total. The van der Waals surface area contributed by atoms with Crippen LogP contribution in [0.2, 0.25) is 0 Å². The minimum Gasteiger partial charge on any atom is -0.361 e. The Morgan fingerprint density at radius 1 is 1.28 bits per heavy atom. The number of aromatic nitrogens is 3. The Morgan fingerprint density at radius 2 is 2.04 bits per heavy atom. The van der Waals surface area contributed by atoms with Crippen LogP contribution in [-0.2, 0) is 16.6 Å². The van der Waals surface area contributed by atoms with E-state index in [1.165, 1.54) is 12.3 Å². The van der Waals surface area contributed by atoms with E-state index in [-0.39, 0.29) is 24.4 Å². The lowest BCUT2D eigenvalue weighted by Crippen LogP contribution is -2.50. The zero-order chi connectivity index (χ0) is 17.8. The molecule has 7 nitrogen and oxygen atoms in total. The van der Waals surface area contributed by atoms with Gasteiger partial charge in [0.2, 0.25) is 5.91 Å². The van der Waals surface area contributed by atoms with E-state index >= 15 is 0 Å². The lowest BCUT2D eigenvalue weighted by atomic mass is 10.3. The SMILES string of the molecule is CC(OCC(=O)N1CCN(c2ccc(F)cn2)CC1)c1nccn1C. The van der Waals surface area contributed by atoms with Gasteiger partial charge in [-0.3, -0.25) is 4.79 Å². The molecule has 0 bridgehead atoms. The number of carbonyl (C=O) groups excluding carboxylic acids is 1. The van der Waals surface area contributed by atoms with Gasteiger partial charge in [-0.05, 0) is 19.1 Å². The van der Waals surface area contributed by atoms with Crippen molar-refractivity contribution in [3.05, 3.63) is 42.4 Å². The van der Waals surface area contributed by atoms with E-state index in [2.05, 4.69) is 9.97 Å². The molecule has 3 rings (SSSR count). The first-order valence-electron chi connectivity index (χ1n) is 8.27. The number of hydrogen-bond acceptors (Lipinski definition) is 5. The molecule has 1 fully saturated rings. The van der Waals surface area contributed by atoms with E-state index in [9.17, 15) is 9.18 Å². The van der Waals surface area contributed by atoms with Gasteiger partial charge in [-0.15, -0.1) is 0 Å². The fourth-order valence-electron chi connectivity index (χ4n) is 2.87. The molecule has 0 aliphatic carbocycles. The Kier molecular flexibility index (Phi) is 5.28. The predicted octanol–water partition coefficient (Wildman–Crippen LogP) is 1.38. The number of pyridine rings is 1. The summed E-state index contributed by atoms with van der Waals surface area (Å²) in [5.74, 6) is 1.14. The topological polar surface area (TPSA) is 63.5 Å². The molecule has 1 unspecified atom stereocenters. The fraction of sp³-hybridized carbons (Fsp3) is 0.471. The summed E-state index contributed by atoms with van der Waals surface area (Å²) in [7, 11) is 1.90. The molecule has 25 heavy (non-hydrogen) atoms. The molecule has 0 saturated carbocycles. The molecule has 2 aromatic heterocycles. The fourth-order valence-corrected chi connectivity index (χ4v) is 2.87. The normalized spacial score (nSPS) is 16.1. The first kappa shape index (κ1) is 17.3. The lowest BCUT2D eigenvalue weighted by molar-refractivity contribution is -0.138.